The third-order valence-corrected chi connectivity index (χ3v) is 7.85. The molecule has 0 aliphatic rings. The molecule has 2 N–H and O–H groups in total. The second kappa shape index (κ2) is 11.4. The molecule has 0 heterocycles. The molecule has 0 fully saturated rings. The van der Waals surface area contributed by atoms with E-state index in [1.54, 1.807) is 79.7 Å². The zero-order valence-corrected chi connectivity index (χ0v) is 21.7. The topological polar surface area (TPSA) is 95.6 Å². The smallest absolute Gasteiger partial charge is 0.264 e. The SMILES string of the molecule is CCN(c1ccc(C(=O)Nc2ccccc2C(=O)NC(C)C)cc1)S(=O)(=O)c1ccc(SC)cc1. The number of para-hydroxylation sites is 1. The molecule has 35 heavy (non-hydrogen) atoms. The van der Waals surface area contributed by atoms with Gasteiger partial charge >= 0.3 is 0 Å². The minimum atomic E-state index is -3.76. The van der Waals surface area contributed by atoms with E-state index in [0.29, 0.717) is 22.5 Å². The van der Waals surface area contributed by atoms with E-state index in [-0.39, 0.29) is 23.4 Å². The molecule has 3 aromatic carbocycles. The monoisotopic (exact) mass is 511 g/mol. The van der Waals surface area contributed by atoms with Gasteiger partial charge in [-0.25, -0.2) is 8.42 Å². The highest BCUT2D eigenvalue weighted by Crippen LogP contribution is 2.26. The second-order valence-corrected chi connectivity index (χ2v) is 10.8. The van der Waals surface area contributed by atoms with Crippen molar-refractivity contribution >= 4 is 45.0 Å². The molecule has 0 bridgehead atoms. The summed E-state index contributed by atoms with van der Waals surface area (Å²) in [6.45, 7) is 5.71. The van der Waals surface area contributed by atoms with Crippen LogP contribution < -0.4 is 14.9 Å². The number of hydrogen-bond donors (Lipinski definition) is 2. The number of nitrogens with one attached hydrogen (secondary N) is 2. The van der Waals surface area contributed by atoms with Crippen LogP contribution >= 0.6 is 11.8 Å². The van der Waals surface area contributed by atoms with Gasteiger partial charge in [0.15, 0.2) is 0 Å². The fourth-order valence-electron chi connectivity index (χ4n) is 3.47. The lowest BCUT2D eigenvalue weighted by Gasteiger charge is -2.23. The Kier molecular flexibility index (Phi) is 8.58. The first kappa shape index (κ1) is 26.3. The number of amides is 2. The fourth-order valence-corrected chi connectivity index (χ4v) is 5.35. The van der Waals surface area contributed by atoms with Crippen molar-refractivity contribution in [1.29, 1.82) is 0 Å². The number of nitrogens with zero attached hydrogens (tertiary/aromatic N) is 1. The van der Waals surface area contributed by atoms with Crippen LogP contribution in [0.2, 0.25) is 0 Å². The van der Waals surface area contributed by atoms with Gasteiger partial charge in [0, 0.05) is 23.0 Å². The molecule has 0 aliphatic carbocycles. The molecule has 3 aromatic rings. The van der Waals surface area contributed by atoms with Crippen LogP contribution in [0.5, 0.6) is 0 Å². The number of benzene rings is 3. The van der Waals surface area contributed by atoms with Gasteiger partial charge in [-0.1, -0.05) is 12.1 Å². The first-order valence-corrected chi connectivity index (χ1v) is 13.8. The summed E-state index contributed by atoms with van der Waals surface area (Å²) in [4.78, 5) is 26.5. The van der Waals surface area contributed by atoms with Crippen molar-refractivity contribution in [3.05, 3.63) is 83.9 Å². The predicted molar refractivity (Wildman–Crippen MR) is 142 cm³/mol. The Morgan fingerprint density at radius 1 is 0.914 bits per heavy atom. The summed E-state index contributed by atoms with van der Waals surface area (Å²) >= 11 is 1.54. The van der Waals surface area contributed by atoms with Gasteiger partial charge in [-0.2, -0.15) is 0 Å². The van der Waals surface area contributed by atoms with Crippen LogP contribution in [0, 0.1) is 0 Å². The van der Waals surface area contributed by atoms with Gasteiger partial charge in [-0.05, 0) is 87.7 Å². The van der Waals surface area contributed by atoms with Gasteiger partial charge in [0.25, 0.3) is 21.8 Å². The molecule has 184 valence electrons. The van der Waals surface area contributed by atoms with E-state index < -0.39 is 15.9 Å². The molecule has 0 radical (unpaired) electrons. The van der Waals surface area contributed by atoms with Crippen LogP contribution in [0.1, 0.15) is 41.5 Å². The number of carbonyl (C=O) groups is 2. The minimum Gasteiger partial charge on any atom is -0.350 e. The molecular formula is C26H29N3O4S2. The van der Waals surface area contributed by atoms with E-state index in [4.69, 9.17) is 0 Å². The lowest BCUT2D eigenvalue weighted by Crippen LogP contribution is -2.31. The number of thioether (sulfide) groups is 1. The number of rotatable bonds is 9. The van der Waals surface area contributed by atoms with Gasteiger partial charge in [-0.15, -0.1) is 11.8 Å². The Bertz CT molecular complexity index is 1290. The number of sulfonamides is 1. The molecule has 0 atom stereocenters. The maximum absolute atomic E-state index is 13.2. The Labute approximate surface area is 211 Å². The molecule has 0 aromatic heterocycles. The lowest BCUT2D eigenvalue weighted by atomic mass is 10.1. The van der Waals surface area contributed by atoms with Crippen molar-refractivity contribution in [3.8, 4) is 0 Å². The van der Waals surface area contributed by atoms with Crippen molar-refractivity contribution in [2.75, 3.05) is 22.4 Å². The van der Waals surface area contributed by atoms with Crippen LogP contribution in [-0.4, -0.2) is 39.1 Å². The molecular weight excluding hydrogens is 482 g/mol. The zero-order valence-electron chi connectivity index (χ0n) is 20.1. The minimum absolute atomic E-state index is 0.0416. The average Bonchev–Trinajstić information content (AvgIpc) is 2.84. The van der Waals surface area contributed by atoms with Crippen LogP contribution in [0.4, 0.5) is 11.4 Å². The Morgan fingerprint density at radius 3 is 2.11 bits per heavy atom. The summed E-state index contributed by atoms with van der Waals surface area (Å²) in [5.74, 6) is -0.680. The highest BCUT2D eigenvalue weighted by Gasteiger charge is 2.24. The molecule has 9 heteroatoms. The number of carbonyl (C=O) groups excluding carboxylic acids is 2. The zero-order chi connectivity index (χ0) is 25.6. The molecule has 0 unspecified atom stereocenters. The largest absolute Gasteiger partial charge is 0.350 e. The van der Waals surface area contributed by atoms with E-state index in [2.05, 4.69) is 10.6 Å². The van der Waals surface area contributed by atoms with E-state index in [1.807, 2.05) is 20.1 Å². The molecule has 0 saturated carbocycles. The predicted octanol–water partition coefficient (Wildman–Crippen LogP) is 5.01. The number of hydrogen-bond acceptors (Lipinski definition) is 5. The quantitative estimate of drug-likeness (QED) is 0.394. The first-order chi connectivity index (χ1) is 16.7. The third-order valence-electron chi connectivity index (χ3n) is 5.19. The van der Waals surface area contributed by atoms with Gasteiger partial charge in [-0.3, -0.25) is 13.9 Å². The summed E-state index contributed by atoms with van der Waals surface area (Å²) in [6, 6.07) is 19.8. The van der Waals surface area contributed by atoms with E-state index >= 15 is 0 Å². The molecule has 0 saturated heterocycles. The van der Waals surface area contributed by atoms with Crippen molar-refractivity contribution in [1.82, 2.24) is 5.32 Å². The van der Waals surface area contributed by atoms with E-state index in [0.717, 1.165) is 4.90 Å². The third kappa shape index (κ3) is 6.23. The average molecular weight is 512 g/mol. The lowest BCUT2D eigenvalue weighted by molar-refractivity contribution is 0.0944. The van der Waals surface area contributed by atoms with Gasteiger partial charge in [0.1, 0.15) is 0 Å². The van der Waals surface area contributed by atoms with Crippen LogP contribution in [0.25, 0.3) is 0 Å². The Balaban J connectivity index is 1.80. The maximum atomic E-state index is 13.2. The van der Waals surface area contributed by atoms with E-state index in [1.165, 1.54) is 16.1 Å². The summed E-state index contributed by atoms with van der Waals surface area (Å²) in [5.41, 5.74) is 1.55. The summed E-state index contributed by atoms with van der Waals surface area (Å²) in [7, 11) is -3.76. The second-order valence-electron chi connectivity index (χ2n) is 8.02. The van der Waals surface area contributed by atoms with Crippen molar-refractivity contribution < 1.29 is 18.0 Å². The number of anilines is 2. The summed E-state index contributed by atoms with van der Waals surface area (Å²) in [6.07, 6.45) is 1.93. The molecule has 0 spiro atoms. The van der Waals surface area contributed by atoms with Crippen LogP contribution in [0.15, 0.2) is 82.6 Å². The van der Waals surface area contributed by atoms with Gasteiger partial charge in [0.05, 0.1) is 21.8 Å². The standard InChI is InChI=1S/C26H29N3O4S2/c1-5-29(35(32,33)22-16-14-21(34-4)15-17-22)20-12-10-19(11-13-20)25(30)28-24-9-7-6-8-23(24)26(31)27-18(2)3/h6-18H,5H2,1-4H3,(H,27,31)(H,28,30). The fraction of sp³-hybridized carbons (Fsp3) is 0.231. The summed E-state index contributed by atoms with van der Waals surface area (Å²) in [5, 5.41) is 5.60. The maximum Gasteiger partial charge on any atom is 0.264 e. The van der Waals surface area contributed by atoms with Crippen molar-refractivity contribution in [2.45, 2.75) is 36.6 Å². The van der Waals surface area contributed by atoms with Crippen LogP contribution in [-0.2, 0) is 10.0 Å². The Hall–Kier alpha value is -3.30. The van der Waals surface area contributed by atoms with Gasteiger partial charge < -0.3 is 10.6 Å². The van der Waals surface area contributed by atoms with Crippen molar-refractivity contribution in [3.63, 3.8) is 0 Å². The normalized spacial score (nSPS) is 11.2. The van der Waals surface area contributed by atoms with Crippen LogP contribution in [0.3, 0.4) is 0 Å². The highest BCUT2D eigenvalue weighted by molar-refractivity contribution is 7.98. The summed E-state index contributed by atoms with van der Waals surface area (Å²) < 4.78 is 27.7. The molecule has 7 nitrogen and oxygen atoms in total. The molecule has 3 rings (SSSR count). The van der Waals surface area contributed by atoms with Gasteiger partial charge in [0.2, 0.25) is 0 Å². The Morgan fingerprint density at radius 2 is 1.54 bits per heavy atom. The first-order valence-electron chi connectivity index (χ1n) is 11.2. The molecule has 0 aliphatic heterocycles. The van der Waals surface area contributed by atoms with E-state index in [9.17, 15) is 18.0 Å². The highest BCUT2D eigenvalue weighted by atomic mass is 32.2. The van der Waals surface area contributed by atoms with Crippen molar-refractivity contribution in [2.24, 2.45) is 0 Å². The molecule has 2 amide bonds.